The zero-order chi connectivity index (χ0) is 38.1. The van der Waals surface area contributed by atoms with Gasteiger partial charge in [0.1, 0.15) is 13.2 Å². The Kier molecular flexibility index (Phi) is 41.7. The van der Waals surface area contributed by atoms with E-state index >= 15 is 0 Å². The second-order valence-electron chi connectivity index (χ2n) is 15.9. The molecule has 1 saturated heterocycles. The number of esters is 2. The largest absolute Gasteiger partial charge is 0.464 e. The van der Waals surface area contributed by atoms with Gasteiger partial charge >= 0.3 is 11.9 Å². The minimum Gasteiger partial charge on any atom is -0.464 e. The number of piperidine rings is 1. The molecular weight excluding hydrogens is 692 g/mol. The van der Waals surface area contributed by atoms with Crippen LogP contribution >= 0.6 is 12.4 Å². The molecule has 1 rings (SSSR count). The second kappa shape index (κ2) is 42.8. The molecule has 0 saturated carbocycles. The number of carbonyl (C=O) groups is 2. The molecule has 54 heavy (non-hydrogen) atoms. The lowest BCUT2D eigenvalue weighted by Crippen LogP contribution is -2.35. The number of ether oxygens (including phenoxy) is 2. The van der Waals surface area contributed by atoms with E-state index in [1.807, 2.05) is 0 Å². The Labute approximate surface area is 341 Å². The average molecular weight is 782 g/mol. The number of halogens is 1. The minimum atomic E-state index is -0.0766. The maximum absolute atomic E-state index is 12.4. The predicted molar refractivity (Wildman–Crippen MR) is 235 cm³/mol. The Bertz CT molecular complexity index is 803. The standard InChI is InChI=1S/C47H88N2O4.ClH/c1-3-5-7-9-11-13-15-17-19-21-23-25-27-29-31-33-46(50)52-43-41-49(40-37-45-35-38-48-39-36-45)42-44-53-47(51)34-32-30-28-26-24-22-20-18-16-14-12-10-8-6-4-2;/h17-20,45,48H,3-16,21-44H2,1-2H3;1H/b19-17-,20-18-;. The summed E-state index contributed by atoms with van der Waals surface area (Å²) in [6, 6.07) is 0. The Morgan fingerprint density at radius 1 is 0.519 bits per heavy atom. The van der Waals surface area contributed by atoms with Crippen LogP contribution in [0.25, 0.3) is 0 Å². The van der Waals surface area contributed by atoms with Gasteiger partial charge in [-0.3, -0.25) is 14.5 Å². The van der Waals surface area contributed by atoms with Crippen molar-refractivity contribution in [2.24, 2.45) is 5.92 Å². The van der Waals surface area contributed by atoms with E-state index in [2.05, 4.69) is 48.4 Å². The second-order valence-corrected chi connectivity index (χ2v) is 15.9. The average Bonchev–Trinajstić information content (AvgIpc) is 3.17. The number of rotatable bonds is 39. The van der Waals surface area contributed by atoms with Gasteiger partial charge in [0.15, 0.2) is 0 Å². The lowest BCUT2D eigenvalue weighted by molar-refractivity contribution is -0.144. The Hall–Kier alpha value is -1.37. The molecule has 7 heteroatoms. The van der Waals surface area contributed by atoms with Crippen LogP contribution in [0.2, 0.25) is 0 Å². The lowest BCUT2D eigenvalue weighted by Gasteiger charge is -2.27. The minimum absolute atomic E-state index is 0. The molecule has 0 unspecified atom stereocenters. The summed E-state index contributed by atoms with van der Waals surface area (Å²) in [5, 5.41) is 3.46. The van der Waals surface area contributed by atoms with Gasteiger partial charge in [-0.2, -0.15) is 0 Å². The molecule has 0 aliphatic carbocycles. The summed E-state index contributed by atoms with van der Waals surface area (Å²) in [4.78, 5) is 27.2. The summed E-state index contributed by atoms with van der Waals surface area (Å²) in [6.45, 7) is 9.95. The zero-order valence-electron chi connectivity index (χ0n) is 35.7. The fourth-order valence-corrected chi connectivity index (χ4v) is 7.27. The molecule has 1 heterocycles. The molecule has 6 nitrogen and oxygen atoms in total. The van der Waals surface area contributed by atoms with Gasteiger partial charge < -0.3 is 14.8 Å². The molecule has 1 N–H and O–H groups in total. The van der Waals surface area contributed by atoms with Crippen molar-refractivity contribution in [3.63, 3.8) is 0 Å². The SMILES string of the molecule is CCCCCCCC/C=C\CCCCCCCC(=O)OCCN(CCOC(=O)CCCCCCC/C=C\CCCCCCCC)CCC1CCNCC1.Cl. The summed E-state index contributed by atoms with van der Waals surface area (Å²) in [5.74, 6) is 0.589. The smallest absolute Gasteiger partial charge is 0.305 e. The van der Waals surface area contributed by atoms with E-state index in [0.29, 0.717) is 39.1 Å². The van der Waals surface area contributed by atoms with E-state index in [4.69, 9.17) is 9.47 Å². The normalized spacial score (nSPS) is 13.6. The molecule has 318 valence electrons. The van der Waals surface area contributed by atoms with Gasteiger partial charge in [0.25, 0.3) is 0 Å². The highest BCUT2D eigenvalue weighted by atomic mass is 35.5. The van der Waals surface area contributed by atoms with Gasteiger partial charge in [-0.05, 0) is 109 Å². The van der Waals surface area contributed by atoms with Crippen LogP contribution in [-0.4, -0.2) is 62.8 Å². The van der Waals surface area contributed by atoms with E-state index in [-0.39, 0.29) is 24.3 Å². The van der Waals surface area contributed by atoms with Crippen LogP contribution in [0.3, 0.4) is 0 Å². The lowest BCUT2D eigenvalue weighted by atomic mass is 9.94. The molecule has 0 atom stereocenters. The maximum Gasteiger partial charge on any atom is 0.305 e. The third-order valence-electron chi connectivity index (χ3n) is 10.9. The Balaban J connectivity index is 0.0000281. The van der Waals surface area contributed by atoms with Crippen molar-refractivity contribution < 1.29 is 19.1 Å². The Morgan fingerprint density at radius 3 is 1.26 bits per heavy atom. The van der Waals surface area contributed by atoms with Gasteiger partial charge in [-0.15, -0.1) is 12.4 Å². The van der Waals surface area contributed by atoms with Crippen LogP contribution in [0.1, 0.15) is 213 Å². The fraction of sp³-hybridized carbons (Fsp3) is 0.872. The van der Waals surface area contributed by atoms with Crippen LogP contribution in [0.15, 0.2) is 24.3 Å². The number of unbranched alkanes of at least 4 members (excludes halogenated alkanes) is 22. The molecule has 0 amide bonds. The zero-order valence-corrected chi connectivity index (χ0v) is 36.6. The van der Waals surface area contributed by atoms with E-state index < -0.39 is 0 Å². The van der Waals surface area contributed by atoms with E-state index in [9.17, 15) is 9.59 Å². The van der Waals surface area contributed by atoms with Gasteiger partial charge in [0.05, 0.1) is 0 Å². The first-order chi connectivity index (χ1) is 26.2. The first kappa shape index (κ1) is 52.6. The molecular formula is C47H89ClN2O4. The number of allylic oxidation sites excluding steroid dienone is 4. The van der Waals surface area contributed by atoms with Crippen molar-refractivity contribution in [3.8, 4) is 0 Å². The van der Waals surface area contributed by atoms with Crippen LogP contribution < -0.4 is 5.32 Å². The number of hydrogen-bond donors (Lipinski definition) is 1. The molecule has 1 fully saturated rings. The third-order valence-corrected chi connectivity index (χ3v) is 10.9. The molecule has 0 bridgehead atoms. The molecule has 1 aliphatic heterocycles. The van der Waals surface area contributed by atoms with Crippen LogP contribution in [0.4, 0.5) is 0 Å². The summed E-state index contributed by atoms with van der Waals surface area (Å²) < 4.78 is 11.3. The van der Waals surface area contributed by atoms with Crippen molar-refractivity contribution in [2.45, 2.75) is 213 Å². The molecule has 0 aromatic rings. The monoisotopic (exact) mass is 781 g/mol. The molecule has 1 aliphatic rings. The number of nitrogens with one attached hydrogen (secondary N) is 1. The predicted octanol–water partition coefficient (Wildman–Crippen LogP) is 13.3. The third kappa shape index (κ3) is 37.5. The van der Waals surface area contributed by atoms with Crippen molar-refractivity contribution in [1.82, 2.24) is 10.2 Å². The van der Waals surface area contributed by atoms with Crippen molar-refractivity contribution in [1.29, 1.82) is 0 Å². The van der Waals surface area contributed by atoms with Gasteiger partial charge in [0.2, 0.25) is 0 Å². The molecule has 0 spiro atoms. The number of carbonyl (C=O) groups excluding carboxylic acids is 2. The number of nitrogens with zero attached hydrogens (tertiary/aromatic N) is 1. The fourth-order valence-electron chi connectivity index (χ4n) is 7.27. The van der Waals surface area contributed by atoms with Crippen molar-refractivity contribution in [3.05, 3.63) is 24.3 Å². The highest BCUT2D eigenvalue weighted by Crippen LogP contribution is 2.17. The Morgan fingerprint density at radius 2 is 0.870 bits per heavy atom. The molecule has 0 aromatic heterocycles. The molecule has 0 radical (unpaired) electrons. The van der Waals surface area contributed by atoms with E-state index in [1.165, 1.54) is 154 Å². The topological polar surface area (TPSA) is 67.9 Å². The highest BCUT2D eigenvalue weighted by molar-refractivity contribution is 5.85. The van der Waals surface area contributed by atoms with Crippen LogP contribution in [-0.2, 0) is 19.1 Å². The van der Waals surface area contributed by atoms with E-state index in [1.54, 1.807) is 0 Å². The van der Waals surface area contributed by atoms with Gasteiger partial charge in [0, 0.05) is 25.9 Å². The van der Waals surface area contributed by atoms with Crippen molar-refractivity contribution >= 4 is 24.3 Å². The van der Waals surface area contributed by atoms with Crippen LogP contribution in [0.5, 0.6) is 0 Å². The first-order valence-corrected chi connectivity index (χ1v) is 23.2. The summed E-state index contributed by atoms with van der Waals surface area (Å²) in [5.41, 5.74) is 0. The summed E-state index contributed by atoms with van der Waals surface area (Å²) >= 11 is 0. The number of hydrogen-bond acceptors (Lipinski definition) is 6. The summed E-state index contributed by atoms with van der Waals surface area (Å²) in [6.07, 6.45) is 46.7. The van der Waals surface area contributed by atoms with Crippen molar-refractivity contribution in [2.75, 3.05) is 45.9 Å². The highest BCUT2D eigenvalue weighted by Gasteiger charge is 2.16. The maximum atomic E-state index is 12.4. The van der Waals surface area contributed by atoms with Gasteiger partial charge in [-0.1, -0.05) is 141 Å². The quantitative estimate of drug-likeness (QED) is 0.0381. The summed E-state index contributed by atoms with van der Waals surface area (Å²) in [7, 11) is 0. The van der Waals surface area contributed by atoms with E-state index in [0.717, 1.165) is 57.7 Å². The molecule has 0 aromatic carbocycles. The van der Waals surface area contributed by atoms with Crippen LogP contribution in [0, 0.1) is 5.92 Å². The van der Waals surface area contributed by atoms with Gasteiger partial charge in [-0.25, -0.2) is 0 Å². The first-order valence-electron chi connectivity index (χ1n) is 23.2.